The minimum Gasteiger partial charge on any atom is -0.478 e. The number of hydrogen-bond donors (Lipinski definition) is 2. The third-order valence-electron chi connectivity index (χ3n) is 14.0. The summed E-state index contributed by atoms with van der Waals surface area (Å²) in [7, 11) is 0. The van der Waals surface area contributed by atoms with Gasteiger partial charge in [-0.15, -0.1) is 21.5 Å². The van der Waals surface area contributed by atoms with Gasteiger partial charge in [0, 0.05) is 72.5 Å². The molecule has 6 aromatic rings. The van der Waals surface area contributed by atoms with Gasteiger partial charge in [-0.2, -0.15) is 0 Å². The van der Waals surface area contributed by atoms with E-state index >= 15 is 0 Å². The zero-order valence-electron chi connectivity index (χ0n) is 37.2. The normalized spacial score (nSPS) is 18.7. The predicted molar refractivity (Wildman–Crippen MR) is 264 cm³/mol. The van der Waals surface area contributed by atoms with Gasteiger partial charge >= 0.3 is 5.97 Å². The number of fused-ring (bicyclic) bond motifs is 4. The van der Waals surface area contributed by atoms with Gasteiger partial charge in [-0.25, -0.2) is 4.79 Å². The number of hydrogen-bond acceptors (Lipinski definition) is 9. The number of carboxylic acids is 1. The van der Waals surface area contributed by atoms with Crippen LogP contribution in [0, 0.1) is 20.8 Å². The highest BCUT2D eigenvalue weighted by Crippen LogP contribution is 2.43. The van der Waals surface area contributed by atoms with Crippen molar-refractivity contribution in [3.63, 3.8) is 0 Å². The lowest BCUT2D eigenvalue weighted by molar-refractivity contribution is -0.0173. The standard InChI is InChI=1S/C52H53Cl2N7O3S/c1-31-33(3)65-50-46(31)48(55-32(2)49-57-56-34(4)61(49)50)37-15-19-45(44(54)29-37)60-22-20-52(64,21-23-60)30-58-24-26-59(27-25-58)39-16-12-35(13-17-39)47-40-18-14-38(51(62)63)28-36(40)8-7-10-42(47)41-9-5-6-11-43(41)53/h5-6,9,11-19,28-29,32,64H,7-8,10,20-27,30H2,1-4H3,(H,62,63)/t32-/m0/s1. The molecule has 0 saturated carbocycles. The highest BCUT2D eigenvalue weighted by Gasteiger charge is 2.36. The number of β-amino-alcohol motifs (C(OH)–C–C–N with tert-alkyl or cyclic N) is 1. The van der Waals surface area contributed by atoms with E-state index in [1.807, 2.05) is 37.3 Å². The number of aromatic carboxylic acids is 1. The number of aliphatic hydroxyl groups is 1. The molecule has 3 aliphatic heterocycles. The van der Waals surface area contributed by atoms with E-state index < -0.39 is 11.6 Å². The highest BCUT2D eigenvalue weighted by atomic mass is 35.5. The Bertz CT molecular complexity index is 2890. The molecule has 1 atom stereocenters. The first-order valence-electron chi connectivity index (χ1n) is 22.7. The number of piperazine rings is 1. The third-order valence-corrected chi connectivity index (χ3v) is 15.8. The van der Waals surface area contributed by atoms with E-state index in [2.05, 4.69) is 98.8 Å². The maximum atomic E-state index is 11.9. The largest absolute Gasteiger partial charge is 0.478 e. The van der Waals surface area contributed by atoms with Crippen LogP contribution in [-0.2, 0) is 6.42 Å². The molecule has 13 heteroatoms. The summed E-state index contributed by atoms with van der Waals surface area (Å²) in [5.41, 5.74) is 12.5. The van der Waals surface area contributed by atoms with E-state index in [1.54, 1.807) is 17.4 Å². The van der Waals surface area contributed by atoms with Gasteiger partial charge in [0.15, 0.2) is 5.82 Å². The quantitative estimate of drug-likeness (QED) is 0.155. The summed E-state index contributed by atoms with van der Waals surface area (Å²) < 4.78 is 2.16. The van der Waals surface area contributed by atoms with Gasteiger partial charge in [-0.1, -0.05) is 65.7 Å². The van der Waals surface area contributed by atoms with Gasteiger partial charge in [0.2, 0.25) is 0 Å². The number of carboxylic acid groups (broad SMARTS) is 1. The van der Waals surface area contributed by atoms with Crippen LogP contribution in [0.25, 0.3) is 16.1 Å². The Labute approximate surface area is 394 Å². The van der Waals surface area contributed by atoms with Crippen molar-refractivity contribution in [1.82, 2.24) is 19.7 Å². The van der Waals surface area contributed by atoms with E-state index in [0.717, 1.165) is 126 Å². The number of thiophene rings is 1. The predicted octanol–water partition coefficient (Wildman–Crippen LogP) is 10.6. The summed E-state index contributed by atoms with van der Waals surface area (Å²) in [5, 5.41) is 33.1. The van der Waals surface area contributed by atoms with Crippen molar-refractivity contribution >= 4 is 68.7 Å². The Morgan fingerprint density at radius 3 is 2.28 bits per heavy atom. The molecule has 65 heavy (non-hydrogen) atoms. The SMILES string of the molecule is Cc1sc2c(c1C)C(c1ccc(N3CCC(O)(CN4CCN(c5ccc(C6=C(c7ccccc7Cl)CCCc7cc(C(=O)O)ccc76)cc5)CC4)CC3)c(Cl)c1)=N[C@@H](C)c1nnc(C)n1-2. The first kappa shape index (κ1) is 43.6. The van der Waals surface area contributed by atoms with Crippen LogP contribution in [0.5, 0.6) is 0 Å². The van der Waals surface area contributed by atoms with Crippen LogP contribution in [-0.4, -0.2) is 93.0 Å². The molecule has 1 aliphatic carbocycles. The molecule has 0 spiro atoms. The number of halogens is 2. The van der Waals surface area contributed by atoms with Crippen molar-refractivity contribution in [2.75, 3.05) is 55.6 Å². The van der Waals surface area contributed by atoms with Crippen LogP contribution >= 0.6 is 34.5 Å². The Morgan fingerprint density at radius 2 is 1.55 bits per heavy atom. The number of piperidine rings is 1. The number of rotatable bonds is 8. The number of aromatic nitrogens is 3. The maximum Gasteiger partial charge on any atom is 0.335 e. The molecule has 334 valence electrons. The zero-order chi connectivity index (χ0) is 45.1. The molecule has 4 aliphatic rings. The number of anilines is 2. The van der Waals surface area contributed by atoms with E-state index in [4.69, 9.17) is 28.2 Å². The molecule has 2 aromatic heterocycles. The van der Waals surface area contributed by atoms with E-state index in [0.29, 0.717) is 35.0 Å². The van der Waals surface area contributed by atoms with Crippen LogP contribution < -0.4 is 9.80 Å². The fourth-order valence-electron chi connectivity index (χ4n) is 10.4. The second-order valence-electron chi connectivity index (χ2n) is 18.1. The van der Waals surface area contributed by atoms with Crippen LogP contribution in [0.2, 0.25) is 10.0 Å². The summed E-state index contributed by atoms with van der Waals surface area (Å²) in [6.45, 7) is 13.9. The molecular formula is C52H53Cl2N7O3S. The van der Waals surface area contributed by atoms with E-state index in [1.165, 1.54) is 21.7 Å². The van der Waals surface area contributed by atoms with Gasteiger partial charge < -0.3 is 20.0 Å². The highest BCUT2D eigenvalue weighted by molar-refractivity contribution is 7.15. The van der Waals surface area contributed by atoms with Crippen LogP contribution in [0.1, 0.15) is 104 Å². The Morgan fingerprint density at radius 1 is 0.815 bits per heavy atom. The molecule has 2 saturated heterocycles. The first-order chi connectivity index (χ1) is 31.4. The second-order valence-corrected chi connectivity index (χ2v) is 20.1. The average Bonchev–Trinajstić information content (AvgIpc) is 3.70. The van der Waals surface area contributed by atoms with Gasteiger partial charge in [-0.05, 0) is 141 Å². The van der Waals surface area contributed by atoms with Crippen molar-refractivity contribution in [1.29, 1.82) is 0 Å². The lowest BCUT2D eigenvalue weighted by atomic mass is 9.87. The lowest BCUT2D eigenvalue weighted by Crippen LogP contribution is -2.55. The Hall–Kier alpha value is -5.30. The van der Waals surface area contributed by atoms with Gasteiger partial charge in [0.25, 0.3) is 0 Å². The lowest BCUT2D eigenvalue weighted by Gasteiger charge is -2.44. The van der Waals surface area contributed by atoms with Gasteiger partial charge in [0.05, 0.1) is 27.6 Å². The van der Waals surface area contributed by atoms with Crippen LogP contribution in [0.4, 0.5) is 11.4 Å². The van der Waals surface area contributed by atoms with E-state index in [-0.39, 0.29) is 6.04 Å². The molecule has 5 heterocycles. The molecule has 4 aromatic carbocycles. The minimum atomic E-state index is -0.913. The molecule has 10 nitrogen and oxygen atoms in total. The number of aryl methyl sites for hydroxylation is 3. The summed E-state index contributed by atoms with van der Waals surface area (Å²) in [6.07, 6.45) is 3.87. The van der Waals surface area contributed by atoms with Crippen molar-refractivity contribution in [2.45, 2.75) is 71.4 Å². The maximum absolute atomic E-state index is 11.9. The molecule has 0 unspecified atom stereocenters. The van der Waals surface area contributed by atoms with Crippen LogP contribution in [0.3, 0.4) is 0 Å². The molecule has 2 N–H and O–H groups in total. The zero-order valence-corrected chi connectivity index (χ0v) is 39.6. The average molecular weight is 927 g/mol. The number of nitrogens with zero attached hydrogens (tertiary/aromatic N) is 7. The molecule has 0 radical (unpaired) electrons. The molecule has 2 fully saturated rings. The summed E-state index contributed by atoms with van der Waals surface area (Å²) in [6, 6.07) is 28.5. The van der Waals surface area contributed by atoms with Crippen LogP contribution in [0.15, 0.2) is 89.9 Å². The smallest absolute Gasteiger partial charge is 0.335 e. The fourth-order valence-corrected chi connectivity index (χ4v) is 12.1. The summed E-state index contributed by atoms with van der Waals surface area (Å²) in [5.74, 6) is 0.789. The topological polar surface area (TPSA) is 110 Å². The number of benzene rings is 4. The summed E-state index contributed by atoms with van der Waals surface area (Å²) in [4.78, 5) is 25.5. The second kappa shape index (κ2) is 17.5. The van der Waals surface area contributed by atoms with Crippen molar-refractivity contribution in [2.24, 2.45) is 4.99 Å². The molecule has 10 rings (SSSR count). The van der Waals surface area contributed by atoms with E-state index in [9.17, 15) is 15.0 Å². The Balaban J connectivity index is 0.793. The van der Waals surface area contributed by atoms with Gasteiger partial charge in [-0.3, -0.25) is 14.5 Å². The van der Waals surface area contributed by atoms with Gasteiger partial charge in [0.1, 0.15) is 16.9 Å². The molecular weight excluding hydrogens is 874 g/mol. The van der Waals surface area contributed by atoms with Crippen molar-refractivity contribution in [3.8, 4) is 5.00 Å². The number of aliphatic imine (C=N–C) groups is 1. The number of carbonyl (C=O) groups is 1. The fraction of sp³-hybridized carbons (Fsp3) is 0.346. The minimum absolute atomic E-state index is 0.166. The van der Waals surface area contributed by atoms with Crippen molar-refractivity contribution < 1.29 is 15.0 Å². The molecule has 0 bridgehead atoms. The first-order valence-corrected chi connectivity index (χ1v) is 24.2. The molecule has 0 amide bonds. The summed E-state index contributed by atoms with van der Waals surface area (Å²) >= 11 is 15.7. The third kappa shape index (κ3) is 8.20. The Kier molecular flexibility index (Phi) is 11.7. The van der Waals surface area contributed by atoms with Crippen molar-refractivity contribution in [3.05, 3.63) is 156 Å². The monoisotopic (exact) mass is 925 g/mol. The number of allylic oxidation sites excluding steroid dienone is 1.